The number of hydrogen-bond donors (Lipinski definition) is 0. The lowest BCUT2D eigenvalue weighted by molar-refractivity contribution is -0.137. The summed E-state index contributed by atoms with van der Waals surface area (Å²) in [5.74, 6) is -1.56. The first kappa shape index (κ1) is 21.0. The van der Waals surface area contributed by atoms with E-state index in [1.165, 1.54) is 23.1 Å². The molecular weight excluding hydrogens is 437 g/mol. The van der Waals surface area contributed by atoms with Gasteiger partial charge in [-0.05, 0) is 18.2 Å². The Hall–Kier alpha value is -3.88. The highest BCUT2D eigenvalue weighted by molar-refractivity contribution is 6.27. The van der Waals surface area contributed by atoms with E-state index in [4.69, 9.17) is 4.42 Å². The summed E-state index contributed by atoms with van der Waals surface area (Å²) >= 11 is 0. The molecule has 1 aliphatic heterocycles. The van der Waals surface area contributed by atoms with Crippen molar-refractivity contribution in [3.8, 4) is 0 Å². The van der Waals surface area contributed by atoms with Gasteiger partial charge >= 0.3 is 6.18 Å². The minimum Gasteiger partial charge on any atom is -0.447 e. The highest BCUT2D eigenvalue weighted by Crippen LogP contribution is 2.33. The van der Waals surface area contributed by atoms with Gasteiger partial charge in [0.2, 0.25) is 5.78 Å². The van der Waals surface area contributed by atoms with E-state index in [1.54, 1.807) is 29.2 Å². The fraction of sp³-hybridized carbons (Fsp3) is 0.208. The van der Waals surface area contributed by atoms with Gasteiger partial charge in [-0.25, -0.2) is 0 Å². The number of benzene rings is 2. The standard InChI is InChI=1S/C24H17F3N2O4/c25-24(26,27)14-4-3-5-15(12-14)28-8-10-29(11-9-28)23(32)19-13-18-20(30)16-6-1-2-7-17(16)21(31)22(18)33-19/h1-7,12-13H,8-11H2. The second-order valence-electron chi connectivity index (χ2n) is 7.88. The van der Waals surface area contributed by atoms with Gasteiger partial charge in [-0.15, -0.1) is 0 Å². The first-order valence-electron chi connectivity index (χ1n) is 10.3. The molecule has 9 heteroatoms. The number of alkyl halides is 3. The maximum atomic E-state index is 13.0. The lowest BCUT2D eigenvalue weighted by Gasteiger charge is -2.36. The van der Waals surface area contributed by atoms with Crippen LogP contribution in [0.1, 0.15) is 48.2 Å². The van der Waals surface area contributed by atoms with Crippen molar-refractivity contribution in [1.29, 1.82) is 0 Å². The van der Waals surface area contributed by atoms with Gasteiger partial charge in [-0.3, -0.25) is 14.4 Å². The number of carbonyl (C=O) groups excluding carboxylic acids is 3. The molecule has 2 aromatic carbocycles. The van der Waals surface area contributed by atoms with Crippen LogP contribution in [-0.4, -0.2) is 48.6 Å². The predicted octanol–water partition coefficient (Wildman–Crippen LogP) is 4.04. The van der Waals surface area contributed by atoms with Crippen LogP contribution >= 0.6 is 0 Å². The fourth-order valence-corrected chi connectivity index (χ4v) is 4.18. The normalized spacial score (nSPS) is 16.0. The fourth-order valence-electron chi connectivity index (χ4n) is 4.18. The van der Waals surface area contributed by atoms with E-state index < -0.39 is 23.4 Å². The zero-order valence-corrected chi connectivity index (χ0v) is 17.2. The van der Waals surface area contributed by atoms with Crippen LogP contribution in [0.4, 0.5) is 18.9 Å². The SMILES string of the molecule is O=C1c2ccccc2C(=O)c2oc(C(=O)N3CCN(c4cccc(C(F)(F)F)c4)CC3)cc21. The molecule has 3 aromatic rings. The highest BCUT2D eigenvalue weighted by atomic mass is 19.4. The molecule has 0 radical (unpaired) electrons. The quantitative estimate of drug-likeness (QED) is 0.457. The number of rotatable bonds is 2. The van der Waals surface area contributed by atoms with E-state index in [9.17, 15) is 27.6 Å². The lowest BCUT2D eigenvalue weighted by atomic mass is 9.88. The monoisotopic (exact) mass is 454 g/mol. The number of halogens is 3. The summed E-state index contributed by atoms with van der Waals surface area (Å²) in [6.45, 7) is 1.17. The molecule has 0 spiro atoms. The zero-order chi connectivity index (χ0) is 23.3. The number of fused-ring (bicyclic) bond motifs is 2. The third-order valence-corrected chi connectivity index (χ3v) is 5.92. The molecule has 33 heavy (non-hydrogen) atoms. The molecule has 1 aromatic heterocycles. The first-order chi connectivity index (χ1) is 15.7. The average Bonchev–Trinajstić information content (AvgIpc) is 3.28. The van der Waals surface area contributed by atoms with Gasteiger partial charge in [-0.2, -0.15) is 13.2 Å². The summed E-state index contributed by atoms with van der Waals surface area (Å²) in [7, 11) is 0. The van der Waals surface area contributed by atoms with E-state index in [1.807, 2.05) is 0 Å². The van der Waals surface area contributed by atoms with Crippen molar-refractivity contribution in [3.05, 3.63) is 88.4 Å². The molecule has 0 N–H and O–H groups in total. The number of amides is 1. The van der Waals surface area contributed by atoms with Gasteiger partial charge in [0.05, 0.1) is 11.1 Å². The minimum absolute atomic E-state index is 0.0599. The number of nitrogens with zero attached hydrogens (tertiary/aromatic N) is 2. The van der Waals surface area contributed by atoms with Crippen molar-refractivity contribution in [2.75, 3.05) is 31.1 Å². The van der Waals surface area contributed by atoms with Crippen LogP contribution in [0.5, 0.6) is 0 Å². The Morgan fingerprint density at radius 2 is 1.48 bits per heavy atom. The van der Waals surface area contributed by atoms with E-state index in [2.05, 4.69) is 0 Å². The lowest BCUT2D eigenvalue weighted by Crippen LogP contribution is -2.48. The molecule has 0 atom stereocenters. The summed E-state index contributed by atoms with van der Waals surface area (Å²) in [6, 6.07) is 12.8. The molecule has 1 aliphatic carbocycles. The summed E-state index contributed by atoms with van der Waals surface area (Å²) in [5.41, 5.74) is 0.265. The van der Waals surface area contributed by atoms with Crippen molar-refractivity contribution in [2.45, 2.75) is 6.18 Å². The summed E-state index contributed by atoms with van der Waals surface area (Å²) in [5, 5.41) is 0. The van der Waals surface area contributed by atoms with Crippen LogP contribution < -0.4 is 4.90 Å². The Morgan fingerprint density at radius 1 is 0.818 bits per heavy atom. The number of hydrogen-bond acceptors (Lipinski definition) is 5. The molecule has 6 nitrogen and oxygen atoms in total. The van der Waals surface area contributed by atoms with Crippen LogP contribution in [0.25, 0.3) is 0 Å². The molecule has 0 saturated carbocycles. The number of carbonyl (C=O) groups is 3. The molecule has 1 saturated heterocycles. The van der Waals surface area contributed by atoms with E-state index >= 15 is 0 Å². The Kier molecular flexibility index (Phi) is 4.84. The van der Waals surface area contributed by atoms with Gasteiger partial charge < -0.3 is 14.2 Å². The van der Waals surface area contributed by atoms with Gasteiger partial charge in [-0.1, -0.05) is 30.3 Å². The van der Waals surface area contributed by atoms with E-state index in [0.29, 0.717) is 18.8 Å². The molecular formula is C24H17F3N2O4. The second kappa shape index (κ2) is 7.61. The number of furan rings is 1. The smallest absolute Gasteiger partial charge is 0.416 e. The third kappa shape index (κ3) is 3.59. The van der Waals surface area contributed by atoms with Crippen LogP contribution in [0.15, 0.2) is 59.0 Å². The third-order valence-electron chi connectivity index (χ3n) is 5.92. The first-order valence-corrected chi connectivity index (χ1v) is 10.3. The Balaban J connectivity index is 1.32. The van der Waals surface area contributed by atoms with Gasteiger partial charge in [0.1, 0.15) is 0 Å². The second-order valence-corrected chi connectivity index (χ2v) is 7.88. The maximum absolute atomic E-state index is 13.0. The van der Waals surface area contributed by atoms with Crippen LogP contribution in [0.2, 0.25) is 0 Å². The van der Waals surface area contributed by atoms with E-state index in [-0.39, 0.29) is 47.1 Å². The molecule has 5 rings (SSSR count). The number of piperazine rings is 1. The average molecular weight is 454 g/mol. The summed E-state index contributed by atoms with van der Waals surface area (Å²) in [6.07, 6.45) is -4.43. The molecule has 0 bridgehead atoms. The van der Waals surface area contributed by atoms with Gasteiger partial charge in [0.15, 0.2) is 17.3 Å². The molecule has 0 unspecified atom stereocenters. The Labute approximate surface area is 186 Å². The van der Waals surface area contributed by atoms with Crippen molar-refractivity contribution >= 4 is 23.2 Å². The van der Waals surface area contributed by atoms with Gasteiger partial charge in [0.25, 0.3) is 5.91 Å². The van der Waals surface area contributed by atoms with E-state index in [0.717, 1.165) is 12.1 Å². The highest BCUT2D eigenvalue weighted by Gasteiger charge is 2.36. The van der Waals surface area contributed by atoms with Crippen molar-refractivity contribution < 1.29 is 32.0 Å². The maximum Gasteiger partial charge on any atom is 0.416 e. The molecule has 1 fully saturated rings. The largest absolute Gasteiger partial charge is 0.447 e. The Morgan fingerprint density at radius 3 is 2.15 bits per heavy atom. The van der Waals surface area contributed by atoms with Crippen molar-refractivity contribution in [1.82, 2.24) is 4.90 Å². The van der Waals surface area contributed by atoms with Crippen molar-refractivity contribution in [3.63, 3.8) is 0 Å². The molecule has 1 amide bonds. The minimum atomic E-state index is -4.43. The van der Waals surface area contributed by atoms with Crippen LogP contribution in [-0.2, 0) is 6.18 Å². The van der Waals surface area contributed by atoms with Crippen LogP contribution in [0.3, 0.4) is 0 Å². The number of anilines is 1. The van der Waals surface area contributed by atoms with Gasteiger partial charge in [0, 0.05) is 49.1 Å². The topological polar surface area (TPSA) is 70.8 Å². The van der Waals surface area contributed by atoms with Crippen LogP contribution in [0, 0.1) is 0 Å². The summed E-state index contributed by atoms with van der Waals surface area (Å²) in [4.78, 5) is 41.7. The Bertz CT molecular complexity index is 1230. The number of ketones is 2. The van der Waals surface area contributed by atoms with Crippen molar-refractivity contribution in [2.24, 2.45) is 0 Å². The predicted molar refractivity (Wildman–Crippen MR) is 112 cm³/mol. The molecule has 2 heterocycles. The summed E-state index contributed by atoms with van der Waals surface area (Å²) < 4.78 is 44.5. The molecule has 168 valence electrons. The molecule has 2 aliphatic rings. The zero-order valence-electron chi connectivity index (χ0n) is 17.2.